The first-order chi connectivity index (χ1) is 23.2. The lowest BCUT2D eigenvalue weighted by molar-refractivity contribution is -0.116. The third-order valence-electron chi connectivity index (χ3n) is 10.1. The molecule has 48 heavy (non-hydrogen) atoms. The number of ether oxygens (including phenoxy) is 2. The van der Waals surface area contributed by atoms with Crippen LogP contribution in [0.2, 0.25) is 0 Å². The van der Waals surface area contributed by atoms with Crippen molar-refractivity contribution in [3.63, 3.8) is 0 Å². The van der Waals surface area contributed by atoms with Gasteiger partial charge in [0.05, 0.1) is 5.56 Å². The van der Waals surface area contributed by atoms with Crippen LogP contribution in [-0.4, -0.2) is 18.0 Å². The van der Waals surface area contributed by atoms with Crippen LogP contribution in [0.25, 0.3) is 0 Å². The minimum Gasteiger partial charge on any atom is -0.459 e. The van der Waals surface area contributed by atoms with Crippen LogP contribution in [0.15, 0.2) is 91.0 Å². The van der Waals surface area contributed by atoms with Crippen LogP contribution in [0.3, 0.4) is 0 Å². The van der Waals surface area contributed by atoms with Gasteiger partial charge >= 0.3 is 5.97 Å². The minimum absolute atomic E-state index is 0.0310. The van der Waals surface area contributed by atoms with Gasteiger partial charge < -0.3 is 14.8 Å². The number of nitrogens with one attached hydrogen (secondary N) is 1. The van der Waals surface area contributed by atoms with Crippen LogP contribution in [0, 0.1) is 12.8 Å². The van der Waals surface area contributed by atoms with E-state index in [4.69, 9.17) is 9.47 Å². The molecule has 0 spiro atoms. The summed E-state index contributed by atoms with van der Waals surface area (Å²) in [6.07, 6.45) is 8.77. The molecule has 2 aliphatic rings. The molecular formula is C43H49NO4. The van der Waals surface area contributed by atoms with E-state index in [0.29, 0.717) is 17.9 Å². The second-order valence-electron chi connectivity index (χ2n) is 14.7. The first-order valence-corrected chi connectivity index (χ1v) is 17.7. The van der Waals surface area contributed by atoms with Crippen molar-refractivity contribution in [1.82, 2.24) is 0 Å². The Morgan fingerprint density at radius 1 is 0.854 bits per heavy atom. The standard InChI is InChI=1S/C43H49NO4/c1-29-14-8-9-17-33(29)42(46)47-32(26-30-15-6-5-7-16-30)24-22-31-23-25-37(43(2,3)4)38(27-31)44-41(45)28-36-34-18-10-12-20-39(34)48-40-21-13-11-19-35(36)40/h8-14,17-21,23,25,27,30,32,36H,5-7,15-16,22,24,26,28H2,1-4H3,(H,44,45). The van der Waals surface area contributed by atoms with Crippen molar-refractivity contribution in [2.24, 2.45) is 5.92 Å². The number of carbonyl (C=O) groups excluding carboxylic acids is 2. The maximum Gasteiger partial charge on any atom is 0.338 e. The molecule has 250 valence electrons. The lowest BCUT2D eigenvalue weighted by atomic mass is 9.83. The van der Waals surface area contributed by atoms with Crippen LogP contribution >= 0.6 is 0 Å². The van der Waals surface area contributed by atoms with E-state index < -0.39 is 0 Å². The second kappa shape index (κ2) is 14.8. The van der Waals surface area contributed by atoms with Crippen molar-refractivity contribution in [2.75, 3.05) is 5.32 Å². The number of rotatable bonds is 10. The Morgan fingerprint density at radius 2 is 1.50 bits per heavy atom. The number of anilines is 1. The fourth-order valence-corrected chi connectivity index (χ4v) is 7.48. The Hall–Kier alpha value is -4.38. The Balaban J connectivity index is 1.20. The van der Waals surface area contributed by atoms with E-state index in [0.717, 1.165) is 64.3 Å². The highest BCUT2D eigenvalue weighted by molar-refractivity contribution is 5.93. The number of benzene rings is 4. The molecule has 5 nitrogen and oxygen atoms in total. The predicted molar refractivity (Wildman–Crippen MR) is 193 cm³/mol. The zero-order chi connectivity index (χ0) is 33.7. The lowest BCUT2D eigenvalue weighted by Crippen LogP contribution is -2.24. The number of hydrogen-bond acceptors (Lipinski definition) is 4. The molecule has 1 amide bonds. The highest BCUT2D eigenvalue weighted by Crippen LogP contribution is 2.45. The number of amides is 1. The van der Waals surface area contributed by atoms with Crippen molar-refractivity contribution in [1.29, 1.82) is 0 Å². The number of para-hydroxylation sites is 2. The normalized spacial score (nSPS) is 15.5. The summed E-state index contributed by atoms with van der Waals surface area (Å²) in [5.74, 6) is 1.83. The van der Waals surface area contributed by atoms with Crippen molar-refractivity contribution in [3.8, 4) is 11.5 Å². The average molecular weight is 644 g/mol. The molecule has 1 aliphatic heterocycles. The zero-order valence-electron chi connectivity index (χ0n) is 28.9. The Labute approximate surface area is 286 Å². The smallest absolute Gasteiger partial charge is 0.338 e. The van der Waals surface area contributed by atoms with Gasteiger partial charge in [-0.25, -0.2) is 4.79 Å². The van der Waals surface area contributed by atoms with E-state index in [-0.39, 0.29) is 29.3 Å². The first-order valence-electron chi connectivity index (χ1n) is 17.7. The van der Waals surface area contributed by atoms with Gasteiger partial charge in [-0.2, -0.15) is 0 Å². The summed E-state index contributed by atoms with van der Waals surface area (Å²) in [7, 11) is 0. The van der Waals surface area contributed by atoms with E-state index in [9.17, 15) is 9.59 Å². The zero-order valence-corrected chi connectivity index (χ0v) is 28.9. The molecule has 0 saturated heterocycles. The molecule has 1 N–H and O–H groups in total. The summed E-state index contributed by atoms with van der Waals surface area (Å²) in [6, 6.07) is 30.1. The average Bonchev–Trinajstić information content (AvgIpc) is 3.07. The Morgan fingerprint density at radius 3 is 2.17 bits per heavy atom. The van der Waals surface area contributed by atoms with Gasteiger partial charge in [-0.3, -0.25) is 4.79 Å². The van der Waals surface area contributed by atoms with E-state index in [1.54, 1.807) is 0 Å². The van der Waals surface area contributed by atoms with Gasteiger partial charge in [0, 0.05) is 29.2 Å². The van der Waals surface area contributed by atoms with Crippen LogP contribution in [0.1, 0.15) is 116 Å². The van der Waals surface area contributed by atoms with Crippen LogP contribution < -0.4 is 10.1 Å². The molecule has 0 aromatic heterocycles. The molecule has 4 aromatic rings. The van der Waals surface area contributed by atoms with Gasteiger partial charge in [0.25, 0.3) is 0 Å². The second-order valence-corrected chi connectivity index (χ2v) is 14.7. The van der Waals surface area contributed by atoms with Crippen molar-refractivity contribution >= 4 is 17.6 Å². The number of hydrogen-bond donors (Lipinski definition) is 1. The third kappa shape index (κ3) is 8.01. The van der Waals surface area contributed by atoms with Gasteiger partial charge in [-0.05, 0) is 78.5 Å². The van der Waals surface area contributed by atoms with E-state index in [1.807, 2.05) is 67.6 Å². The quantitative estimate of drug-likeness (QED) is 0.175. The summed E-state index contributed by atoms with van der Waals surface area (Å²) in [6.45, 7) is 8.48. The summed E-state index contributed by atoms with van der Waals surface area (Å²) in [5, 5.41) is 3.31. The van der Waals surface area contributed by atoms with Crippen molar-refractivity contribution < 1.29 is 19.1 Å². The number of fused-ring (bicyclic) bond motifs is 2. The molecule has 0 bridgehead atoms. The molecule has 5 heteroatoms. The predicted octanol–water partition coefficient (Wildman–Crippen LogP) is 10.7. The SMILES string of the molecule is Cc1ccccc1C(=O)OC(CCc1ccc(C(C)(C)C)c(NC(=O)CC2c3ccccc3Oc3ccccc32)c1)CC1CCCCC1. The molecule has 1 aliphatic carbocycles. The Bertz CT molecular complexity index is 1700. The number of aryl methyl sites for hydroxylation is 2. The fraction of sp³-hybridized carbons (Fsp3) is 0.395. The van der Waals surface area contributed by atoms with Crippen LogP contribution in [-0.2, 0) is 21.4 Å². The molecule has 4 aromatic carbocycles. The summed E-state index contributed by atoms with van der Waals surface area (Å²) >= 11 is 0. The van der Waals surface area contributed by atoms with E-state index in [2.05, 4.69) is 56.4 Å². The minimum atomic E-state index is -0.235. The highest BCUT2D eigenvalue weighted by Gasteiger charge is 2.30. The van der Waals surface area contributed by atoms with E-state index in [1.165, 1.54) is 32.1 Å². The third-order valence-corrected chi connectivity index (χ3v) is 10.1. The number of carbonyl (C=O) groups is 2. The molecule has 1 atom stereocenters. The van der Waals surface area contributed by atoms with Gasteiger partial charge in [0.2, 0.25) is 5.91 Å². The van der Waals surface area contributed by atoms with Gasteiger partial charge in [-0.1, -0.05) is 120 Å². The lowest BCUT2D eigenvalue weighted by Gasteiger charge is -2.29. The molecule has 0 radical (unpaired) electrons. The van der Waals surface area contributed by atoms with Gasteiger partial charge in [0.1, 0.15) is 17.6 Å². The fourth-order valence-electron chi connectivity index (χ4n) is 7.48. The van der Waals surface area contributed by atoms with Gasteiger partial charge in [0.15, 0.2) is 0 Å². The maximum absolute atomic E-state index is 13.9. The molecule has 1 heterocycles. The Kier molecular flexibility index (Phi) is 10.3. The topological polar surface area (TPSA) is 64.6 Å². The van der Waals surface area contributed by atoms with Crippen LogP contribution in [0.4, 0.5) is 5.69 Å². The summed E-state index contributed by atoms with van der Waals surface area (Å²) in [4.78, 5) is 27.2. The van der Waals surface area contributed by atoms with Crippen LogP contribution in [0.5, 0.6) is 11.5 Å². The summed E-state index contributed by atoms with van der Waals surface area (Å²) < 4.78 is 12.4. The van der Waals surface area contributed by atoms with Gasteiger partial charge in [-0.15, -0.1) is 0 Å². The highest BCUT2D eigenvalue weighted by atomic mass is 16.5. The first kappa shape index (κ1) is 33.5. The molecule has 6 rings (SSSR count). The van der Waals surface area contributed by atoms with Crippen molar-refractivity contribution in [2.45, 2.75) is 103 Å². The molecule has 1 unspecified atom stereocenters. The molecular weight excluding hydrogens is 594 g/mol. The monoisotopic (exact) mass is 643 g/mol. The number of esters is 1. The summed E-state index contributed by atoms with van der Waals surface area (Å²) in [5.41, 5.74) is 6.54. The molecule has 1 saturated carbocycles. The van der Waals surface area contributed by atoms with Crippen molar-refractivity contribution in [3.05, 3.63) is 124 Å². The maximum atomic E-state index is 13.9. The molecule has 1 fully saturated rings. The van der Waals surface area contributed by atoms with E-state index >= 15 is 0 Å². The largest absolute Gasteiger partial charge is 0.459 e.